The third-order valence-electron chi connectivity index (χ3n) is 3.13. The number of rotatable bonds is 3. The Bertz CT molecular complexity index is 459. The van der Waals surface area contributed by atoms with Gasteiger partial charge in [-0.3, -0.25) is 0 Å². The predicted octanol–water partition coefficient (Wildman–Crippen LogP) is 4.05. The topological polar surface area (TPSA) is 63.3 Å². The minimum Gasteiger partial charge on any atom is -0.478 e. The first-order chi connectivity index (χ1) is 8.58. The molecule has 0 aromatic heterocycles. The van der Waals surface area contributed by atoms with Crippen LogP contribution < -0.4 is 5.73 Å². The highest BCUT2D eigenvalue weighted by Gasteiger charge is 2.21. The zero-order valence-corrected chi connectivity index (χ0v) is 11.6. The SMILES string of the molecule is Nc1cc(Cl)c(SC2CCCCC2)c(C(=O)O)c1. The Morgan fingerprint density at radius 2 is 2.00 bits per heavy atom. The second kappa shape index (κ2) is 5.85. The van der Waals surface area contributed by atoms with E-state index < -0.39 is 5.97 Å². The molecule has 1 fully saturated rings. The number of nitrogens with two attached hydrogens (primary N) is 1. The minimum atomic E-state index is -0.970. The minimum absolute atomic E-state index is 0.218. The summed E-state index contributed by atoms with van der Waals surface area (Å²) in [4.78, 5) is 11.9. The number of nitrogen functional groups attached to an aromatic ring is 1. The van der Waals surface area contributed by atoms with E-state index in [1.165, 1.54) is 25.3 Å². The molecule has 18 heavy (non-hydrogen) atoms. The van der Waals surface area contributed by atoms with Crippen LogP contribution in [0.3, 0.4) is 0 Å². The molecule has 3 N–H and O–H groups in total. The number of carbonyl (C=O) groups is 1. The number of benzene rings is 1. The molecule has 0 saturated heterocycles. The average molecular weight is 286 g/mol. The first-order valence-electron chi connectivity index (χ1n) is 6.07. The van der Waals surface area contributed by atoms with E-state index in [4.69, 9.17) is 17.3 Å². The Morgan fingerprint density at radius 1 is 1.33 bits per heavy atom. The van der Waals surface area contributed by atoms with Crippen molar-refractivity contribution in [2.24, 2.45) is 0 Å². The van der Waals surface area contributed by atoms with E-state index in [9.17, 15) is 9.90 Å². The van der Waals surface area contributed by atoms with Gasteiger partial charge in [0.1, 0.15) is 0 Å². The van der Waals surface area contributed by atoms with Gasteiger partial charge in [0.2, 0.25) is 0 Å². The van der Waals surface area contributed by atoms with Gasteiger partial charge in [-0.05, 0) is 25.0 Å². The molecule has 98 valence electrons. The Morgan fingerprint density at radius 3 is 2.61 bits per heavy atom. The maximum Gasteiger partial charge on any atom is 0.336 e. The molecule has 0 bridgehead atoms. The van der Waals surface area contributed by atoms with Gasteiger partial charge < -0.3 is 10.8 Å². The van der Waals surface area contributed by atoms with Crippen molar-refractivity contribution in [3.63, 3.8) is 0 Å². The van der Waals surface area contributed by atoms with Crippen molar-refractivity contribution in [2.75, 3.05) is 5.73 Å². The van der Waals surface area contributed by atoms with E-state index in [2.05, 4.69) is 0 Å². The first kappa shape index (κ1) is 13.6. The van der Waals surface area contributed by atoms with Crippen LogP contribution in [0, 0.1) is 0 Å². The van der Waals surface area contributed by atoms with E-state index in [1.807, 2.05) is 0 Å². The molecule has 1 aromatic rings. The van der Waals surface area contributed by atoms with Gasteiger partial charge in [-0.25, -0.2) is 4.79 Å². The Hall–Kier alpha value is -0.870. The highest BCUT2D eigenvalue weighted by molar-refractivity contribution is 8.00. The van der Waals surface area contributed by atoms with Crippen LogP contribution in [0.15, 0.2) is 17.0 Å². The number of halogens is 1. The molecule has 0 aliphatic heterocycles. The number of carboxylic acid groups (broad SMARTS) is 1. The summed E-state index contributed by atoms with van der Waals surface area (Å²) in [6.07, 6.45) is 5.96. The van der Waals surface area contributed by atoms with Crippen molar-refractivity contribution in [3.05, 3.63) is 22.7 Å². The van der Waals surface area contributed by atoms with E-state index >= 15 is 0 Å². The third-order valence-corrected chi connectivity index (χ3v) is 5.02. The Kier molecular flexibility index (Phi) is 4.40. The number of hydrogen-bond acceptors (Lipinski definition) is 3. The molecule has 0 unspecified atom stereocenters. The van der Waals surface area contributed by atoms with Crippen molar-refractivity contribution >= 4 is 35.0 Å². The van der Waals surface area contributed by atoms with E-state index in [1.54, 1.807) is 17.8 Å². The molecule has 1 aliphatic rings. The molecule has 0 atom stereocenters. The molecular weight excluding hydrogens is 270 g/mol. The van der Waals surface area contributed by atoms with Crippen LogP contribution in [0.2, 0.25) is 5.02 Å². The standard InChI is InChI=1S/C13H16ClNO2S/c14-11-7-8(15)6-10(13(16)17)12(11)18-9-4-2-1-3-5-9/h6-7,9H,1-5,15H2,(H,16,17). The molecule has 0 spiro atoms. The lowest BCUT2D eigenvalue weighted by Crippen LogP contribution is -2.10. The van der Waals surface area contributed by atoms with Gasteiger partial charge in [0.25, 0.3) is 0 Å². The number of thioether (sulfide) groups is 1. The maximum absolute atomic E-state index is 11.2. The van der Waals surface area contributed by atoms with Gasteiger partial charge >= 0.3 is 5.97 Å². The summed E-state index contributed by atoms with van der Waals surface area (Å²) in [7, 11) is 0. The first-order valence-corrected chi connectivity index (χ1v) is 7.32. The molecule has 1 aliphatic carbocycles. The Balaban J connectivity index is 2.27. The van der Waals surface area contributed by atoms with Crippen LogP contribution in [0.5, 0.6) is 0 Å². The van der Waals surface area contributed by atoms with Crippen LogP contribution in [-0.2, 0) is 0 Å². The summed E-state index contributed by atoms with van der Waals surface area (Å²) in [5.74, 6) is -0.970. The number of hydrogen-bond donors (Lipinski definition) is 2. The smallest absolute Gasteiger partial charge is 0.336 e. The molecule has 1 aromatic carbocycles. The van der Waals surface area contributed by atoms with Crippen molar-refractivity contribution in [1.29, 1.82) is 0 Å². The number of aromatic carboxylic acids is 1. The van der Waals surface area contributed by atoms with Crippen LogP contribution >= 0.6 is 23.4 Å². The summed E-state index contributed by atoms with van der Waals surface area (Å²) in [6, 6.07) is 3.11. The predicted molar refractivity (Wildman–Crippen MR) is 75.6 cm³/mol. The normalized spacial score (nSPS) is 16.7. The largest absolute Gasteiger partial charge is 0.478 e. The van der Waals surface area contributed by atoms with Gasteiger partial charge in [0.15, 0.2) is 0 Å². The van der Waals surface area contributed by atoms with Crippen molar-refractivity contribution < 1.29 is 9.90 Å². The Labute approximate surface area is 116 Å². The monoisotopic (exact) mass is 285 g/mol. The third kappa shape index (κ3) is 3.12. The lowest BCUT2D eigenvalue weighted by atomic mass is 10.0. The lowest BCUT2D eigenvalue weighted by Gasteiger charge is -2.22. The zero-order chi connectivity index (χ0) is 13.1. The summed E-state index contributed by atoms with van der Waals surface area (Å²) in [6.45, 7) is 0. The second-order valence-corrected chi connectivity index (χ2v) is 6.28. The fraction of sp³-hybridized carbons (Fsp3) is 0.462. The number of carboxylic acids is 1. The fourth-order valence-electron chi connectivity index (χ4n) is 2.24. The van der Waals surface area contributed by atoms with Gasteiger partial charge in [0, 0.05) is 15.8 Å². The van der Waals surface area contributed by atoms with Crippen molar-refractivity contribution in [1.82, 2.24) is 0 Å². The summed E-state index contributed by atoms with van der Waals surface area (Å²) in [5, 5.41) is 10.1. The highest BCUT2D eigenvalue weighted by atomic mass is 35.5. The lowest BCUT2D eigenvalue weighted by molar-refractivity contribution is 0.0693. The van der Waals surface area contributed by atoms with Crippen molar-refractivity contribution in [3.8, 4) is 0 Å². The highest BCUT2D eigenvalue weighted by Crippen LogP contribution is 2.40. The average Bonchev–Trinajstić information content (AvgIpc) is 2.33. The number of anilines is 1. The summed E-state index contributed by atoms with van der Waals surface area (Å²) < 4.78 is 0. The maximum atomic E-state index is 11.2. The van der Waals surface area contributed by atoms with Crippen LogP contribution in [0.25, 0.3) is 0 Å². The van der Waals surface area contributed by atoms with Crippen LogP contribution in [-0.4, -0.2) is 16.3 Å². The van der Waals surface area contributed by atoms with Gasteiger partial charge in [0.05, 0.1) is 10.6 Å². The van der Waals surface area contributed by atoms with Crippen LogP contribution in [0.4, 0.5) is 5.69 Å². The quantitative estimate of drug-likeness (QED) is 0.823. The van der Waals surface area contributed by atoms with E-state index in [0.29, 0.717) is 20.9 Å². The van der Waals surface area contributed by atoms with E-state index in [-0.39, 0.29) is 5.56 Å². The van der Waals surface area contributed by atoms with Gasteiger partial charge in [-0.1, -0.05) is 30.9 Å². The van der Waals surface area contributed by atoms with Gasteiger partial charge in [-0.15, -0.1) is 11.8 Å². The summed E-state index contributed by atoms with van der Waals surface area (Å²) >= 11 is 7.72. The molecular formula is C13H16ClNO2S. The summed E-state index contributed by atoms with van der Waals surface area (Å²) in [5.41, 5.74) is 6.25. The molecule has 0 heterocycles. The second-order valence-electron chi connectivity index (χ2n) is 4.56. The van der Waals surface area contributed by atoms with Crippen LogP contribution in [0.1, 0.15) is 42.5 Å². The van der Waals surface area contributed by atoms with Crippen molar-refractivity contribution in [2.45, 2.75) is 42.2 Å². The molecule has 3 nitrogen and oxygen atoms in total. The fourth-order valence-corrected chi connectivity index (χ4v) is 3.95. The molecule has 2 rings (SSSR count). The van der Waals surface area contributed by atoms with Gasteiger partial charge in [-0.2, -0.15) is 0 Å². The molecule has 5 heteroatoms. The van der Waals surface area contributed by atoms with E-state index in [0.717, 1.165) is 12.8 Å². The molecule has 1 saturated carbocycles. The molecule has 0 radical (unpaired) electrons. The molecule has 0 amide bonds. The zero-order valence-electron chi connectivity index (χ0n) is 9.99.